The van der Waals surface area contributed by atoms with Crippen LogP contribution in [-0.2, 0) is 15.4 Å². The van der Waals surface area contributed by atoms with Gasteiger partial charge in [0.25, 0.3) is 10.0 Å². The molecule has 0 bridgehead atoms. The van der Waals surface area contributed by atoms with Crippen LogP contribution in [-0.4, -0.2) is 20.5 Å². The van der Waals surface area contributed by atoms with Crippen molar-refractivity contribution < 1.29 is 13.2 Å². The highest BCUT2D eigenvalue weighted by Gasteiger charge is 2.18. The summed E-state index contributed by atoms with van der Waals surface area (Å²) in [6.07, 6.45) is 1.67. The molecule has 6 heteroatoms. The van der Waals surface area contributed by atoms with Crippen molar-refractivity contribution in [2.24, 2.45) is 0 Å². The number of pyridine rings is 1. The highest BCUT2D eigenvalue weighted by Crippen LogP contribution is 2.29. The van der Waals surface area contributed by atoms with E-state index in [2.05, 4.69) is 16.3 Å². The van der Waals surface area contributed by atoms with Gasteiger partial charge in [0.1, 0.15) is 5.69 Å². The minimum atomic E-state index is -3.57. The zero-order chi connectivity index (χ0) is 14.0. The number of rotatable bonds is 4. The van der Waals surface area contributed by atoms with E-state index in [1.54, 1.807) is 12.3 Å². The van der Waals surface area contributed by atoms with Crippen molar-refractivity contribution in [3.8, 4) is 5.88 Å². The normalized spacial score (nSPS) is 12.0. The Balaban J connectivity index is 3.27. The molecule has 18 heavy (non-hydrogen) atoms. The van der Waals surface area contributed by atoms with Crippen molar-refractivity contribution in [1.29, 1.82) is 0 Å². The van der Waals surface area contributed by atoms with E-state index in [1.807, 2.05) is 20.8 Å². The quantitative estimate of drug-likeness (QED) is 0.911. The van der Waals surface area contributed by atoms with Crippen molar-refractivity contribution in [3.05, 3.63) is 29.8 Å². The van der Waals surface area contributed by atoms with Crippen molar-refractivity contribution >= 4 is 15.7 Å². The van der Waals surface area contributed by atoms with E-state index < -0.39 is 10.0 Å². The van der Waals surface area contributed by atoms with Crippen LogP contribution in [0.25, 0.3) is 0 Å². The summed E-state index contributed by atoms with van der Waals surface area (Å²) in [5.41, 5.74) is 1.09. The topological polar surface area (TPSA) is 68.3 Å². The van der Waals surface area contributed by atoms with Gasteiger partial charge in [-0.3, -0.25) is 4.72 Å². The molecule has 0 aromatic carbocycles. The maximum atomic E-state index is 11.5. The summed E-state index contributed by atoms with van der Waals surface area (Å²) in [4.78, 5) is 4.10. The zero-order valence-electron chi connectivity index (χ0n) is 11.0. The lowest BCUT2D eigenvalue weighted by molar-refractivity contribution is 0.399. The molecule has 0 unspecified atom stereocenters. The molecule has 0 saturated heterocycles. The number of nitrogens with zero attached hydrogens (tertiary/aromatic N) is 1. The average molecular weight is 270 g/mol. The van der Waals surface area contributed by atoms with Crippen LogP contribution in [0, 0.1) is 0 Å². The van der Waals surface area contributed by atoms with E-state index in [-0.39, 0.29) is 11.3 Å². The van der Waals surface area contributed by atoms with E-state index in [0.29, 0.717) is 5.69 Å². The van der Waals surface area contributed by atoms with Gasteiger partial charge in [-0.25, -0.2) is 13.4 Å². The summed E-state index contributed by atoms with van der Waals surface area (Å²) < 4.78 is 30.4. The van der Waals surface area contributed by atoms with Gasteiger partial charge in [0.05, 0.1) is 7.11 Å². The highest BCUT2D eigenvalue weighted by atomic mass is 32.2. The van der Waals surface area contributed by atoms with Gasteiger partial charge in [0.15, 0.2) is 0 Å². The fourth-order valence-corrected chi connectivity index (χ4v) is 1.83. The van der Waals surface area contributed by atoms with Crippen LogP contribution in [0.2, 0.25) is 0 Å². The SMILES string of the molecule is C=CS(=O)(=O)Nc1cc(C(C)(C)C)cnc1OC. The van der Waals surface area contributed by atoms with Crippen LogP contribution in [0.15, 0.2) is 24.3 Å². The molecule has 0 atom stereocenters. The molecule has 0 aliphatic carbocycles. The molecular weight excluding hydrogens is 252 g/mol. The number of ether oxygens (including phenoxy) is 1. The molecule has 0 saturated carbocycles. The third-order valence-electron chi connectivity index (χ3n) is 2.38. The van der Waals surface area contributed by atoms with E-state index in [1.165, 1.54) is 7.11 Å². The fraction of sp³-hybridized carbons (Fsp3) is 0.417. The third-order valence-corrected chi connectivity index (χ3v) is 3.33. The van der Waals surface area contributed by atoms with Gasteiger partial charge in [-0.2, -0.15) is 0 Å². The number of sulfonamides is 1. The van der Waals surface area contributed by atoms with Crippen LogP contribution < -0.4 is 9.46 Å². The summed E-state index contributed by atoms with van der Waals surface area (Å²) in [5, 5.41) is 0.843. The number of hydrogen-bond acceptors (Lipinski definition) is 4. The molecule has 1 heterocycles. The Bertz CT molecular complexity index is 545. The zero-order valence-corrected chi connectivity index (χ0v) is 11.8. The van der Waals surface area contributed by atoms with Gasteiger partial charge < -0.3 is 4.74 Å². The minimum absolute atomic E-state index is 0.131. The molecule has 1 rings (SSSR count). The second-order valence-electron chi connectivity index (χ2n) is 4.84. The molecule has 0 aliphatic rings. The molecule has 1 aromatic rings. The first-order valence-corrected chi connectivity index (χ1v) is 6.94. The van der Waals surface area contributed by atoms with Crippen LogP contribution in [0.5, 0.6) is 5.88 Å². The second-order valence-corrected chi connectivity index (χ2v) is 6.47. The molecule has 5 nitrogen and oxygen atoms in total. The van der Waals surface area contributed by atoms with E-state index >= 15 is 0 Å². The Kier molecular flexibility index (Phi) is 4.01. The summed E-state index contributed by atoms with van der Waals surface area (Å²) in [5.74, 6) is 0.230. The first-order chi connectivity index (χ1) is 8.19. The van der Waals surface area contributed by atoms with Crippen molar-refractivity contribution in [3.63, 3.8) is 0 Å². The average Bonchev–Trinajstić information content (AvgIpc) is 2.27. The number of nitrogens with one attached hydrogen (secondary N) is 1. The molecule has 0 amide bonds. The summed E-state index contributed by atoms with van der Waals surface area (Å²) in [7, 11) is -2.14. The molecule has 0 spiro atoms. The van der Waals surface area contributed by atoms with Crippen LogP contribution in [0.3, 0.4) is 0 Å². The summed E-state index contributed by atoms with van der Waals surface area (Å²) in [6.45, 7) is 9.29. The number of aromatic nitrogens is 1. The number of methoxy groups -OCH3 is 1. The Hall–Kier alpha value is -1.56. The Morgan fingerprint density at radius 3 is 2.50 bits per heavy atom. The molecule has 0 fully saturated rings. The van der Waals surface area contributed by atoms with Crippen molar-refractivity contribution in [2.45, 2.75) is 26.2 Å². The molecule has 1 aromatic heterocycles. The standard InChI is InChI=1S/C12H18N2O3S/c1-6-18(15,16)14-10-7-9(12(2,3)4)8-13-11(10)17-5/h6-8,14H,1H2,2-5H3. The third kappa shape index (κ3) is 3.46. The van der Waals surface area contributed by atoms with E-state index in [4.69, 9.17) is 4.74 Å². The molecule has 0 aliphatic heterocycles. The molecular formula is C12H18N2O3S. The molecule has 100 valence electrons. The number of anilines is 1. The molecule has 1 N–H and O–H groups in total. The Labute approximate surface area is 108 Å². The first-order valence-electron chi connectivity index (χ1n) is 5.39. The lowest BCUT2D eigenvalue weighted by atomic mass is 9.88. The van der Waals surface area contributed by atoms with E-state index in [0.717, 1.165) is 11.0 Å². The van der Waals surface area contributed by atoms with Gasteiger partial charge in [-0.1, -0.05) is 27.4 Å². The highest BCUT2D eigenvalue weighted by molar-refractivity contribution is 7.95. The summed E-state index contributed by atoms with van der Waals surface area (Å²) in [6, 6.07) is 1.72. The monoisotopic (exact) mass is 270 g/mol. The van der Waals surface area contributed by atoms with Crippen LogP contribution in [0.4, 0.5) is 5.69 Å². The molecule has 0 radical (unpaired) electrons. The van der Waals surface area contributed by atoms with Crippen molar-refractivity contribution in [1.82, 2.24) is 4.98 Å². The lowest BCUT2D eigenvalue weighted by Gasteiger charge is -2.20. The largest absolute Gasteiger partial charge is 0.480 e. The van der Waals surface area contributed by atoms with E-state index in [9.17, 15) is 8.42 Å². The van der Waals surface area contributed by atoms with Gasteiger partial charge in [-0.05, 0) is 17.0 Å². The minimum Gasteiger partial charge on any atom is -0.480 e. The second kappa shape index (κ2) is 4.97. The maximum Gasteiger partial charge on any atom is 0.254 e. The number of hydrogen-bond donors (Lipinski definition) is 1. The first kappa shape index (κ1) is 14.5. The smallest absolute Gasteiger partial charge is 0.254 e. The van der Waals surface area contributed by atoms with Crippen molar-refractivity contribution in [2.75, 3.05) is 11.8 Å². The van der Waals surface area contributed by atoms with Gasteiger partial charge in [0.2, 0.25) is 5.88 Å². The predicted molar refractivity (Wildman–Crippen MR) is 72.2 cm³/mol. The summed E-state index contributed by atoms with van der Waals surface area (Å²) >= 11 is 0. The van der Waals surface area contributed by atoms with Gasteiger partial charge >= 0.3 is 0 Å². The fourth-order valence-electron chi connectivity index (χ4n) is 1.29. The maximum absolute atomic E-state index is 11.5. The predicted octanol–water partition coefficient (Wildman–Crippen LogP) is 2.27. The lowest BCUT2D eigenvalue weighted by Crippen LogP contribution is -2.15. The van der Waals surface area contributed by atoms with Crippen LogP contribution >= 0.6 is 0 Å². The Morgan fingerprint density at radius 2 is 2.06 bits per heavy atom. The van der Waals surface area contributed by atoms with Crippen LogP contribution in [0.1, 0.15) is 26.3 Å². The Morgan fingerprint density at radius 1 is 1.44 bits per heavy atom. The van der Waals surface area contributed by atoms with Gasteiger partial charge in [0, 0.05) is 11.6 Å². The van der Waals surface area contributed by atoms with Gasteiger partial charge in [-0.15, -0.1) is 0 Å².